The van der Waals surface area contributed by atoms with Crippen LogP contribution < -0.4 is 10.6 Å². The van der Waals surface area contributed by atoms with Crippen molar-refractivity contribution in [2.45, 2.75) is 33.1 Å². The third-order valence-corrected chi connectivity index (χ3v) is 2.89. The monoisotopic (exact) mass is 170 g/mol. The van der Waals surface area contributed by atoms with Crippen molar-refractivity contribution < 1.29 is 0 Å². The quantitative estimate of drug-likeness (QED) is 0.574. The standard InChI is InChI=1S/C8H16N2.C2H6/c1-2-8(6-10-7-8)3-5-9-4-1;1-2/h9-10H,1-7H2;1-2H3. The second-order valence-electron chi connectivity index (χ2n) is 3.71. The lowest BCUT2D eigenvalue weighted by molar-refractivity contribution is 0.147. The number of rotatable bonds is 0. The molecule has 12 heavy (non-hydrogen) atoms. The van der Waals surface area contributed by atoms with E-state index in [0.29, 0.717) is 5.41 Å². The van der Waals surface area contributed by atoms with Crippen molar-refractivity contribution in [3.8, 4) is 0 Å². The highest BCUT2D eigenvalue weighted by Gasteiger charge is 2.36. The number of hydrogen-bond donors (Lipinski definition) is 2. The van der Waals surface area contributed by atoms with Gasteiger partial charge in [-0.3, -0.25) is 0 Å². The van der Waals surface area contributed by atoms with Gasteiger partial charge in [0, 0.05) is 13.1 Å². The smallest absolute Gasteiger partial charge is 0.00207 e. The van der Waals surface area contributed by atoms with E-state index in [-0.39, 0.29) is 0 Å². The van der Waals surface area contributed by atoms with E-state index >= 15 is 0 Å². The molecule has 2 heterocycles. The first-order chi connectivity index (χ1) is 5.91. The van der Waals surface area contributed by atoms with Crippen LogP contribution in [0.1, 0.15) is 33.1 Å². The van der Waals surface area contributed by atoms with Crippen molar-refractivity contribution in [2.24, 2.45) is 5.41 Å². The zero-order valence-electron chi connectivity index (χ0n) is 8.45. The molecule has 2 aliphatic heterocycles. The van der Waals surface area contributed by atoms with Crippen LogP contribution in [0.25, 0.3) is 0 Å². The molecule has 2 rings (SSSR count). The Bertz CT molecular complexity index is 109. The second-order valence-corrected chi connectivity index (χ2v) is 3.71. The van der Waals surface area contributed by atoms with Crippen LogP contribution in [-0.2, 0) is 0 Å². The minimum atomic E-state index is 0.712. The third-order valence-electron chi connectivity index (χ3n) is 2.89. The zero-order valence-corrected chi connectivity index (χ0v) is 8.45. The molecule has 2 nitrogen and oxygen atoms in total. The van der Waals surface area contributed by atoms with Gasteiger partial charge >= 0.3 is 0 Å². The van der Waals surface area contributed by atoms with Gasteiger partial charge in [0.1, 0.15) is 0 Å². The van der Waals surface area contributed by atoms with Gasteiger partial charge in [0.05, 0.1) is 0 Å². The maximum Gasteiger partial charge on any atom is 0.00207 e. The molecule has 0 aromatic rings. The van der Waals surface area contributed by atoms with E-state index < -0.39 is 0 Å². The van der Waals surface area contributed by atoms with E-state index in [2.05, 4.69) is 10.6 Å². The lowest BCUT2D eigenvalue weighted by Crippen LogP contribution is -2.53. The molecule has 0 radical (unpaired) electrons. The van der Waals surface area contributed by atoms with Gasteiger partial charge in [0.15, 0.2) is 0 Å². The van der Waals surface area contributed by atoms with Gasteiger partial charge in [0.25, 0.3) is 0 Å². The average molecular weight is 170 g/mol. The molecule has 0 aromatic carbocycles. The molecular weight excluding hydrogens is 148 g/mol. The molecule has 2 saturated heterocycles. The Labute approximate surface area is 76.1 Å². The Morgan fingerprint density at radius 1 is 0.917 bits per heavy atom. The third kappa shape index (κ3) is 2.20. The van der Waals surface area contributed by atoms with E-state index in [9.17, 15) is 0 Å². The van der Waals surface area contributed by atoms with E-state index in [0.717, 1.165) is 0 Å². The highest BCUT2D eigenvalue weighted by Crippen LogP contribution is 2.32. The van der Waals surface area contributed by atoms with Crippen LogP contribution in [-0.4, -0.2) is 26.2 Å². The van der Waals surface area contributed by atoms with Crippen molar-refractivity contribution in [3.05, 3.63) is 0 Å². The van der Waals surface area contributed by atoms with Gasteiger partial charge in [0.2, 0.25) is 0 Å². The topological polar surface area (TPSA) is 24.1 Å². The van der Waals surface area contributed by atoms with Crippen LogP contribution in [0.2, 0.25) is 0 Å². The molecule has 0 amide bonds. The molecule has 0 saturated carbocycles. The summed E-state index contributed by atoms with van der Waals surface area (Å²) in [6.07, 6.45) is 4.20. The van der Waals surface area contributed by atoms with Crippen LogP contribution in [0, 0.1) is 5.41 Å². The Kier molecular flexibility index (Phi) is 4.02. The van der Waals surface area contributed by atoms with Crippen LogP contribution in [0.3, 0.4) is 0 Å². The summed E-state index contributed by atoms with van der Waals surface area (Å²) in [4.78, 5) is 0. The molecule has 2 fully saturated rings. The van der Waals surface area contributed by atoms with Crippen LogP contribution in [0.5, 0.6) is 0 Å². The molecule has 2 heteroatoms. The van der Waals surface area contributed by atoms with E-state index in [1.165, 1.54) is 45.4 Å². The fourth-order valence-corrected chi connectivity index (χ4v) is 2.02. The molecule has 1 spiro atoms. The first-order valence-corrected chi connectivity index (χ1v) is 5.33. The molecule has 2 N–H and O–H groups in total. The van der Waals surface area contributed by atoms with Crippen molar-refractivity contribution >= 4 is 0 Å². The Balaban J connectivity index is 0.000000336. The Morgan fingerprint density at radius 3 is 2.25 bits per heavy atom. The van der Waals surface area contributed by atoms with Gasteiger partial charge in [-0.25, -0.2) is 0 Å². The SMILES string of the molecule is C1CNCCC2(C1)CNC2.CC. The van der Waals surface area contributed by atoms with E-state index in [1.807, 2.05) is 13.8 Å². The lowest BCUT2D eigenvalue weighted by Gasteiger charge is -2.42. The molecule has 0 aliphatic carbocycles. The average Bonchev–Trinajstić information content (AvgIpc) is 2.31. The summed E-state index contributed by atoms with van der Waals surface area (Å²) in [6, 6.07) is 0. The van der Waals surface area contributed by atoms with E-state index in [4.69, 9.17) is 0 Å². The first kappa shape index (κ1) is 10.0. The van der Waals surface area contributed by atoms with Crippen LogP contribution in [0.4, 0.5) is 0 Å². The van der Waals surface area contributed by atoms with Crippen LogP contribution in [0.15, 0.2) is 0 Å². The highest BCUT2D eigenvalue weighted by molar-refractivity contribution is 4.93. The number of nitrogens with one attached hydrogen (secondary N) is 2. The Morgan fingerprint density at radius 2 is 1.67 bits per heavy atom. The highest BCUT2D eigenvalue weighted by atomic mass is 15.0. The summed E-state index contributed by atoms with van der Waals surface area (Å²) in [6.45, 7) is 9.02. The normalized spacial score (nSPS) is 26.5. The largest absolute Gasteiger partial charge is 0.317 e. The predicted octanol–water partition coefficient (Wildman–Crippen LogP) is 1.38. The van der Waals surface area contributed by atoms with Gasteiger partial charge in [-0.1, -0.05) is 13.8 Å². The minimum Gasteiger partial charge on any atom is -0.317 e. The summed E-state index contributed by atoms with van der Waals surface area (Å²) in [5.74, 6) is 0. The first-order valence-electron chi connectivity index (χ1n) is 5.33. The molecule has 0 atom stereocenters. The predicted molar refractivity (Wildman–Crippen MR) is 53.4 cm³/mol. The fraction of sp³-hybridized carbons (Fsp3) is 1.00. The van der Waals surface area contributed by atoms with Gasteiger partial charge in [-0.15, -0.1) is 0 Å². The van der Waals surface area contributed by atoms with E-state index in [1.54, 1.807) is 0 Å². The zero-order chi connectivity index (χ0) is 8.86. The second kappa shape index (κ2) is 4.83. The molecule has 0 unspecified atom stereocenters. The summed E-state index contributed by atoms with van der Waals surface area (Å²) < 4.78 is 0. The van der Waals surface area contributed by atoms with Gasteiger partial charge in [-0.2, -0.15) is 0 Å². The summed E-state index contributed by atoms with van der Waals surface area (Å²) in [5, 5.41) is 6.81. The Hall–Kier alpha value is -0.0800. The van der Waals surface area contributed by atoms with Gasteiger partial charge < -0.3 is 10.6 Å². The maximum absolute atomic E-state index is 3.44. The molecule has 2 aliphatic rings. The lowest BCUT2D eigenvalue weighted by atomic mass is 9.75. The van der Waals surface area contributed by atoms with Crippen LogP contribution >= 0.6 is 0 Å². The van der Waals surface area contributed by atoms with Crippen molar-refractivity contribution in [3.63, 3.8) is 0 Å². The summed E-state index contributed by atoms with van der Waals surface area (Å²) >= 11 is 0. The minimum absolute atomic E-state index is 0.712. The molecule has 72 valence electrons. The van der Waals surface area contributed by atoms with Crippen molar-refractivity contribution in [1.82, 2.24) is 10.6 Å². The summed E-state index contributed by atoms with van der Waals surface area (Å²) in [5.41, 5.74) is 0.712. The molecule has 0 bridgehead atoms. The van der Waals surface area contributed by atoms with Gasteiger partial charge in [-0.05, 0) is 37.8 Å². The fourth-order valence-electron chi connectivity index (χ4n) is 2.02. The summed E-state index contributed by atoms with van der Waals surface area (Å²) in [7, 11) is 0. The number of hydrogen-bond acceptors (Lipinski definition) is 2. The van der Waals surface area contributed by atoms with Crippen molar-refractivity contribution in [2.75, 3.05) is 26.2 Å². The van der Waals surface area contributed by atoms with Crippen molar-refractivity contribution in [1.29, 1.82) is 0 Å². The molecular formula is C10H22N2. The maximum atomic E-state index is 3.44. The molecule has 0 aromatic heterocycles.